The lowest BCUT2D eigenvalue weighted by Crippen LogP contribution is -2.55. The van der Waals surface area contributed by atoms with E-state index in [1.54, 1.807) is 0 Å². The fourth-order valence-electron chi connectivity index (χ4n) is 1.84. The number of benzene rings is 1. The SMILES string of the molecule is O=C(NC1(C(=O)O)CCOC1)c1cc(Cl)ccc1F. The Morgan fingerprint density at radius 2 is 2.21 bits per heavy atom. The van der Waals surface area contributed by atoms with Crippen molar-refractivity contribution in [2.75, 3.05) is 13.2 Å². The van der Waals surface area contributed by atoms with Crippen LogP contribution in [0.1, 0.15) is 16.8 Å². The first-order valence-corrected chi connectivity index (χ1v) is 5.91. The van der Waals surface area contributed by atoms with Gasteiger partial charge in [-0.3, -0.25) is 4.79 Å². The summed E-state index contributed by atoms with van der Waals surface area (Å²) >= 11 is 5.69. The first kappa shape index (κ1) is 13.8. The van der Waals surface area contributed by atoms with Crippen molar-refractivity contribution in [3.8, 4) is 0 Å². The highest BCUT2D eigenvalue weighted by Gasteiger charge is 2.44. The van der Waals surface area contributed by atoms with E-state index in [0.29, 0.717) is 0 Å². The zero-order valence-corrected chi connectivity index (χ0v) is 10.5. The second-order valence-electron chi connectivity index (χ2n) is 4.27. The molecule has 1 amide bonds. The number of hydrogen-bond donors (Lipinski definition) is 2. The predicted octanol–water partition coefficient (Wildman–Crippen LogP) is 1.45. The maximum Gasteiger partial charge on any atom is 0.331 e. The number of halogens is 2. The number of carbonyl (C=O) groups is 2. The lowest BCUT2D eigenvalue weighted by Gasteiger charge is -2.23. The van der Waals surface area contributed by atoms with Crippen LogP contribution in [0.3, 0.4) is 0 Å². The molecule has 0 aromatic heterocycles. The van der Waals surface area contributed by atoms with Crippen LogP contribution in [-0.4, -0.2) is 35.7 Å². The number of aliphatic carboxylic acids is 1. The molecule has 102 valence electrons. The Balaban J connectivity index is 2.25. The summed E-state index contributed by atoms with van der Waals surface area (Å²) in [6.07, 6.45) is 0.135. The third-order valence-electron chi connectivity index (χ3n) is 2.96. The molecule has 2 N–H and O–H groups in total. The molecule has 0 spiro atoms. The molecule has 1 aliphatic heterocycles. The molecule has 5 nitrogen and oxygen atoms in total. The summed E-state index contributed by atoms with van der Waals surface area (Å²) in [6.45, 7) is 0.0842. The van der Waals surface area contributed by atoms with Crippen molar-refractivity contribution in [1.29, 1.82) is 0 Å². The minimum Gasteiger partial charge on any atom is -0.479 e. The Hall–Kier alpha value is -1.66. The molecule has 0 radical (unpaired) electrons. The van der Waals surface area contributed by atoms with Gasteiger partial charge in [0.25, 0.3) is 5.91 Å². The van der Waals surface area contributed by atoms with Crippen molar-refractivity contribution >= 4 is 23.5 Å². The smallest absolute Gasteiger partial charge is 0.331 e. The Morgan fingerprint density at radius 1 is 1.47 bits per heavy atom. The molecule has 1 heterocycles. The highest BCUT2D eigenvalue weighted by Crippen LogP contribution is 2.21. The molecule has 0 aliphatic carbocycles. The summed E-state index contributed by atoms with van der Waals surface area (Å²) in [5.74, 6) is -2.80. The summed E-state index contributed by atoms with van der Waals surface area (Å²) in [7, 11) is 0. The number of carboxylic acids is 1. The van der Waals surface area contributed by atoms with Crippen LogP contribution in [0.4, 0.5) is 4.39 Å². The fourth-order valence-corrected chi connectivity index (χ4v) is 2.01. The molecule has 1 fully saturated rings. The van der Waals surface area contributed by atoms with Crippen molar-refractivity contribution in [3.63, 3.8) is 0 Å². The van der Waals surface area contributed by atoms with Gasteiger partial charge in [-0.05, 0) is 18.2 Å². The Bertz CT molecular complexity index is 528. The van der Waals surface area contributed by atoms with Gasteiger partial charge in [-0.25, -0.2) is 9.18 Å². The predicted molar refractivity (Wildman–Crippen MR) is 64.7 cm³/mol. The molecule has 0 saturated carbocycles. The fraction of sp³-hybridized carbons (Fsp3) is 0.333. The van der Waals surface area contributed by atoms with Gasteiger partial charge in [-0.2, -0.15) is 0 Å². The van der Waals surface area contributed by atoms with Gasteiger partial charge >= 0.3 is 5.97 Å². The Labute approximate surface area is 113 Å². The van der Waals surface area contributed by atoms with Crippen LogP contribution >= 0.6 is 11.6 Å². The molecule has 1 aromatic rings. The molecule has 7 heteroatoms. The van der Waals surface area contributed by atoms with E-state index in [-0.39, 0.29) is 30.2 Å². The second-order valence-corrected chi connectivity index (χ2v) is 4.70. The van der Waals surface area contributed by atoms with Gasteiger partial charge in [0, 0.05) is 18.1 Å². The number of amides is 1. The molecule has 19 heavy (non-hydrogen) atoms. The van der Waals surface area contributed by atoms with E-state index >= 15 is 0 Å². The first-order chi connectivity index (χ1) is 8.94. The zero-order valence-electron chi connectivity index (χ0n) is 9.78. The second kappa shape index (κ2) is 5.14. The normalized spacial score (nSPS) is 22.2. The summed E-state index contributed by atoms with van der Waals surface area (Å²) in [5.41, 5.74) is -1.80. The van der Waals surface area contributed by atoms with Crippen LogP contribution in [0.2, 0.25) is 5.02 Å². The van der Waals surface area contributed by atoms with Crippen LogP contribution in [0.15, 0.2) is 18.2 Å². The molecular formula is C12H11ClFNO4. The number of carboxylic acid groups (broad SMARTS) is 1. The van der Waals surface area contributed by atoms with E-state index in [1.165, 1.54) is 6.07 Å². The van der Waals surface area contributed by atoms with Crippen LogP contribution in [0, 0.1) is 5.82 Å². The van der Waals surface area contributed by atoms with Crippen molar-refractivity contribution < 1.29 is 23.8 Å². The van der Waals surface area contributed by atoms with E-state index in [9.17, 15) is 14.0 Å². The Morgan fingerprint density at radius 3 is 2.79 bits per heavy atom. The van der Waals surface area contributed by atoms with Crippen LogP contribution in [0.5, 0.6) is 0 Å². The highest BCUT2D eigenvalue weighted by atomic mass is 35.5. The lowest BCUT2D eigenvalue weighted by molar-refractivity contribution is -0.144. The van der Waals surface area contributed by atoms with Gasteiger partial charge in [-0.1, -0.05) is 11.6 Å². The molecule has 1 atom stereocenters. The minimum absolute atomic E-state index is 0.135. The molecule has 2 rings (SSSR count). The van der Waals surface area contributed by atoms with Gasteiger partial charge < -0.3 is 15.2 Å². The Kier molecular flexibility index (Phi) is 3.73. The van der Waals surface area contributed by atoms with Crippen LogP contribution in [-0.2, 0) is 9.53 Å². The monoisotopic (exact) mass is 287 g/mol. The summed E-state index contributed by atoms with van der Waals surface area (Å²) in [4.78, 5) is 23.2. The van der Waals surface area contributed by atoms with E-state index < -0.39 is 23.2 Å². The summed E-state index contributed by atoms with van der Waals surface area (Å²) in [6, 6.07) is 3.51. The molecule has 1 unspecified atom stereocenters. The molecule has 1 saturated heterocycles. The molecule has 1 aromatic carbocycles. The van der Waals surface area contributed by atoms with Gasteiger partial charge in [0.2, 0.25) is 0 Å². The number of ether oxygens (including phenoxy) is 1. The maximum atomic E-state index is 13.5. The number of nitrogens with one attached hydrogen (secondary N) is 1. The van der Waals surface area contributed by atoms with Gasteiger partial charge in [0.05, 0.1) is 12.2 Å². The van der Waals surface area contributed by atoms with E-state index in [0.717, 1.165) is 12.1 Å². The van der Waals surface area contributed by atoms with Gasteiger partial charge in [-0.15, -0.1) is 0 Å². The van der Waals surface area contributed by atoms with Crippen molar-refractivity contribution in [2.45, 2.75) is 12.0 Å². The van der Waals surface area contributed by atoms with Crippen molar-refractivity contribution in [3.05, 3.63) is 34.6 Å². The maximum absolute atomic E-state index is 13.5. The topological polar surface area (TPSA) is 75.6 Å². The molecule has 1 aliphatic rings. The quantitative estimate of drug-likeness (QED) is 0.882. The van der Waals surface area contributed by atoms with E-state index in [1.807, 2.05) is 0 Å². The van der Waals surface area contributed by atoms with Crippen molar-refractivity contribution in [1.82, 2.24) is 5.32 Å². The van der Waals surface area contributed by atoms with Crippen LogP contribution in [0.25, 0.3) is 0 Å². The molecular weight excluding hydrogens is 277 g/mol. The lowest BCUT2D eigenvalue weighted by atomic mass is 9.98. The third kappa shape index (κ3) is 2.69. The van der Waals surface area contributed by atoms with Crippen molar-refractivity contribution in [2.24, 2.45) is 0 Å². The molecule has 0 bridgehead atoms. The highest BCUT2D eigenvalue weighted by molar-refractivity contribution is 6.31. The first-order valence-electron chi connectivity index (χ1n) is 5.53. The average molecular weight is 288 g/mol. The van der Waals surface area contributed by atoms with E-state index in [4.69, 9.17) is 21.4 Å². The van der Waals surface area contributed by atoms with Crippen LogP contribution < -0.4 is 5.32 Å². The van der Waals surface area contributed by atoms with E-state index in [2.05, 4.69) is 5.32 Å². The third-order valence-corrected chi connectivity index (χ3v) is 3.19. The average Bonchev–Trinajstić information content (AvgIpc) is 2.82. The standard InChI is InChI=1S/C12H11ClFNO4/c13-7-1-2-9(14)8(5-7)10(16)15-12(11(17)18)3-4-19-6-12/h1-2,5H,3-4,6H2,(H,15,16)(H,17,18). The summed E-state index contributed by atoms with van der Waals surface area (Å²) in [5, 5.41) is 11.7. The summed E-state index contributed by atoms with van der Waals surface area (Å²) < 4.78 is 18.5. The van der Waals surface area contributed by atoms with Gasteiger partial charge in [0.15, 0.2) is 5.54 Å². The largest absolute Gasteiger partial charge is 0.479 e. The number of carbonyl (C=O) groups excluding carboxylic acids is 1. The zero-order chi connectivity index (χ0) is 14.0. The minimum atomic E-state index is -1.51. The number of hydrogen-bond acceptors (Lipinski definition) is 3. The number of rotatable bonds is 3. The van der Waals surface area contributed by atoms with Gasteiger partial charge in [0.1, 0.15) is 5.82 Å².